The zero-order valence-corrected chi connectivity index (χ0v) is 10.1. The predicted octanol–water partition coefficient (Wildman–Crippen LogP) is 3.51. The fraction of sp³-hybridized carbons (Fsp3) is 0.250. The highest BCUT2D eigenvalue weighted by atomic mass is 32.1. The van der Waals surface area contributed by atoms with Crippen LogP contribution in [0.4, 0.5) is 10.2 Å². The van der Waals surface area contributed by atoms with Gasteiger partial charge in [-0.05, 0) is 37.6 Å². The molecule has 1 N–H and O–H groups in total. The summed E-state index contributed by atoms with van der Waals surface area (Å²) in [5.74, 6) is 0.118. The first-order valence-electron chi connectivity index (χ1n) is 5.07. The number of nitrogens with zero attached hydrogens (tertiary/aromatic N) is 1. The summed E-state index contributed by atoms with van der Waals surface area (Å²) >= 11 is 1.75. The van der Waals surface area contributed by atoms with Crippen molar-refractivity contribution < 1.29 is 4.39 Å². The van der Waals surface area contributed by atoms with Gasteiger partial charge in [-0.15, -0.1) is 11.3 Å². The Labute approximate surface area is 98.2 Å². The van der Waals surface area contributed by atoms with Crippen molar-refractivity contribution in [2.45, 2.75) is 20.4 Å². The van der Waals surface area contributed by atoms with Crippen LogP contribution in [0.15, 0.2) is 24.3 Å². The van der Waals surface area contributed by atoms with Gasteiger partial charge in [0.05, 0.1) is 6.54 Å². The molecule has 2 nitrogen and oxygen atoms in total. The molecule has 4 heteroatoms. The van der Waals surface area contributed by atoms with Crippen LogP contribution in [-0.4, -0.2) is 4.98 Å². The molecule has 0 aliphatic heterocycles. The van der Waals surface area contributed by atoms with E-state index < -0.39 is 5.95 Å². The van der Waals surface area contributed by atoms with Crippen LogP contribution in [0.5, 0.6) is 0 Å². The number of aromatic nitrogens is 1. The molecule has 0 aromatic carbocycles. The zero-order valence-electron chi connectivity index (χ0n) is 9.25. The second-order valence-electron chi connectivity index (χ2n) is 3.65. The fourth-order valence-electron chi connectivity index (χ4n) is 1.42. The van der Waals surface area contributed by atoms with E-state index in [2.05, 4.69) is 30.2 Å². The van der Waals surface area contributed by atoms with Gasteiger partial charge in [0, 0.05) is 9.75 Å². The number of hydrogen-bond acceptors (Lipinski definition) is 3. The minimum atomic E-state index is -0.455. The highest BCUT2D eigenvalue weighted by Gasteiger charge is 2.02. The van der Waals surface area contributed by atoms with Gasteiger partial charge in [0.15, 0.2) is 0 Å². The number of hydrogen-bond donors (Lipinski definition) is 1. The summed E-state index contributed by atoms with van der Waals surface area (Å²) in [6.45, 7) is 4.88. The fourth-order valence-corrected chi connectivity index (χ4v) is 2.41. The molecule has 2 aromatic heterocycles. The van der Waals surface area contributed by atoms with Crippen LogP contribution in [0.25, 0.3) is 0 Å². The Bertz CT molecular complexity index is 474. The van der Waals surface area contributed by atoms with Gasteiger partial charge in [-0.2, -0.15) is 4.39 Å². The maximum Gasteiger partial charge on any atom is 0.214 e. The lowest BCUT2D eigenvalue weighted by atomic mass is 10.3. The van der Waals surface area contributed by atoms with Gasteiger partial charge in [0.25, 0.3) is 0 Å². The van der Waals surface area contributed by atoms with Crippen LogP contribution in [0.3, 0.4) is 0 Å². The van der Waals surface area contributed by atoms with Crippen molar-refractivity contribution in [1.82, 2.24) is 4.98 Å². The van der Waals surface area contributed by atoms with Crippen molar-refractivity contribution in [3.05, 3.63) is 45.5 Å². The lowest BCUT2D eigenvalue weighted by Gasteiger charge is -2.02. The maximum absolute atomic E-state index is 12.8. The van der Waals surface area contributed by atoms with E-state index in [1.807, 2.05) is 0 Å². The summed E-state index contributed by atoms with van der Waals surface area (Å²) in [4.78, 5) is 6.30. The molecule has 0 aliphatic carbocycles. The lowest BCUT2D eigenvalue weighted by molar-refractivity contribution is 0.585. The molecule has 0 saturated carbocycles. The van der Waals surface area contributed by atoms with Crippen LogP contribution in [0.2, 0.25) is 0 Å². The Morgan fingerprint density at radius 3 is 2.81 bits per heavy atom. The van der Waals surface area contributed by atoms with Crippen molar-refractivity contribution in [3.63, 3.8) is 0 Å². The normalized spacial score (nSPS) is 10.4. The lowest BCUT2D eigenvalue weighted by Crippen LogP contribution is -2.00. The largest absolute Gasteiger partial charge is 0.365 e. The Kier molecular flexibility index (Phi) is 3.19. The minimum Gasteiger partial charge on any atom is -0.365 e. The molecular formula is C12H13FN2S. The van der Waals surface area contributed by atoms with Gasteiger partial charge in [-0.1, -0.05) is 6.07 Å². The minimum absolute atomic E-state index is 0.455. The zero-order chi connectivity index (χ0) is 11.5. The average molecular weight is 236 g/mol. The van der Waals surface area contributed by atoms with Crippen molar-refractivity contribution in [2.24, 2.45) is 0 Å². The van der Waals surface area contributed by atoms with Crippen LogP contribution in [0.1, 0.15) is 15.3 Å². The van der Waals surface area contributed by atoms with E-state index in [0.717, 1.165) is 0 Å². The summed E-state index contributed by atoms with van der Waals surface area (Å²) in [5.41, 5.74) is 1.30. The van der Waals surface area contributed by atoms with Gasteiger partial charge in [0.1, 0.15) is 5.82 Å². The van der Waals surface area contributed by atoms with Crippen LogP contribution in [-0.2, 0) is 6.54 Å². The van der Waals surface area contributed by atoms with Gasteiger partial charge in [-0.3, -0.25) is 0 Å². The Morgan fingerprint density at radius 2 is 2.19 bits per heavy atom. The first kappa shape index (κ1) is 11.1. The predicted molar refractivity (Wildman–Crippen MR) is 65.3 cm³/mol. The van der Waals surface area contributed by atoms with Crippen molar-refractivity contribution in [2.75, 3.05) is 5.32 Å². The van der Waals surface area contributed by atoms with E-state index in [9.17, 15) is 4.39 Å². The monoisotopic (exact) mass is 236 g/mol. The SMILES string of the molecule is Cc1cc(CNc2cccc(F)n2)sc1C. The summed E-state index contributed by atoms with van der Waals surface area (Å²) in [5, 5.41) is 3.10. The highest BCUT2D eigenvalue weighted by Crippen LogP contribution is 2.21. The molecule has 0 amide bonds. The number of aryl methyl sites for hydroxylation is 2. The van der Waals surface area contributed by atoms with Crippen molar-refractivity contribution in [3.8, 4) is 0 Å². The van der Waals surface area contributed by atoms with Gasteiger partial charge in [-0.25, -0.2) is 4.98 Å². The standard InChI is InChI=1S/C12H13FN2S/c1-8-6-10(16-9(8)2)7-14-12-5-3-4-11(13)15-12/h3-6H,7H2,1-2H3,(H,14,15). The second kappa shape index (κ2) is 4.61. The second-order valence-corrected chi connectivity index (χ2v) is 4.99. The topological polar surface area (TPSA) is 24.9 Å². The van der Waals surface area contributed by atoms with Crippen molar-refractivity contribution >= 4 is 17.2 Å². The Hall–Kier alpha value is -1.42. The number of pyridine rings is 1. The molecule has 0 aliphatic rings. The van der Waals surface area contributed by atoms with Gasteiger partial charge in [0.2, 0.25) is 5.95 Å². The quantitative estimate of drug-likeness (QED) is 0.825. The van der Waals surface area contributed by atoms with Gasteiger partial charge < -0.3 is 5.32 Å². The molecule has 0 bridgehead atoms. The van der Waals surface area contributed by atoms with E-state index in [1.54, 1.807) is 23.5 Å². The Balaban J connectivity index is 2.02. The molecule has 0 unspecified atom stereocenters. The molecule has 16 heavy (non-hydrogen) atoms. The van der Waals surface area contributed by atoms with Crippen LogP contribution < -0.4 is 5.32 Å². The molecule has 0 atom stereocenters. The summed E-state index contributed by atoms with van der Waals surface area (Å²) in [6, 6.07) is 6.89. The highest BCUT2D eigenvalue weighted by molar-refractivity contribution is 7.12. The smallest absolute Gasteiger partial charge is 0.214 e. The molecule has 2 heterocycles. The first-order valence-corrected chi connectivity index (χ1v) is 5.89. The molecule has 2 aromatic rings. The number of nitrogens with one attached hydrogen (secondary N) is 1. The summed E-state index contributed by atoms with van der Waals surface area (Å²) < 4.78 is 12.8. The number of anilines is 1. The first-order chi connectivity index (χ1) is 7.65. The van der Waals surface area contributed by atoms with E-state index >= 15 is 0 Å². The number of halogens is 1. The molecule has 84 valence electrons. The van der Waals surface area contributed by atoms with E-state index in [1.165, 1.54) is 21.4 Å². The van der Waals surface area contributed by atoms with E-state index in [-0.39, 0.29) is 0 Å². The molecule has 0 radical (unpaired) electrons. The van der Waals surface area contributed by atoms with Crippen LogP contribution in [0, 0.1) is 19.8 Å². The van der Waals surface area contributed by atoms with E-state index in [4.69, 9.17) is 0 Å². The summed E-state index contributed by atoms with van der Waals surface area (Å²) in [7, 11) is 0. The number of thiophene rings is 1. The molecule has 0 fully saturated rings. The number of rotatable bonds is 3. The third kappa shape index (κ3) is 2.58. The molecule has 0 saturated heterocycles. The summed E-state index contributed by atoms with van der Waals surface area (Å²) in [6.07, 6.45) is 0. The van der Waals surface area contributed by atoms with Crippen molar-refractivity contribution in [1.29, 1.82) is 0 Å². The Morgan fingerprint density at radius 1 is 1.38 bits per heavy atom. The average Bonchev–Trinajstić information content (AvgIpc) is 2.56. The molecule has 2 rings (SSSR count). The van der Waals surface area contributed by atoms with E-state index in [0.29, 0.717) is 12.4 Å². The maximum atomic E-state index is 12.8. The molecular weight excluding hydrogens is 223 g/mol. The van der Waals surface area contributed by atoms with Gasteiger partial charge >= 0.3 is 0 Å². The third-order valence-electron chi connectivity index (χ3n) is 2.38. The third-order valence-corrected chi connectivity index (χ3v) is 3.53. The molecule has 0 spiro atoms. The van der Waals surface area contributed by atoms with Crippen LogP contribution >= 0.6 is 11.3 Å².